The summed E-state index contributed by atoms with van der Waals surface area (Å²) in [4.78, 5) is 46.0. The van der Waals surface area contributed by atoms with Crippen molar-refractivity contribution < 1.29 is 29.4 Å². The zero-order valence-electron chi connectivity index (χ0n) is 22.0. The lowest BCUT2D eigenvalue weighted by molar-refractivity contribution is -0.137. The summed E-state index contributed by atoms with van der Waals surface area (Å²) in [7, 11) is 0. The third-order valence-corrected chi connectivity index (χ3v) is 6.37. The van der Waals surface area contributed by atoms with E-state index in [0.29, 0.717) is 32.4 Å². The number of aliphatic carboxylic acids is 1. The Morgan fingerprint density at radius 3 is 1.81 bits per heavy atom. The molecular weight excluding hydrogens is 464 g/mol. The van der Waals surface area contributed by atoms with Crippen LogP contribution in [0.4, 0.5) is 0 Å². The molecule has 0 heterocycles. The largest absolute Gasteiger partial charge is 0.481 e. The lowest BCUT2D eigenvalue weighted by Gasteiger charge is -2.17. The Labute approximate surface area is 216 Å². The normalized spacial score (nSPS) is 12.7. The minimum absolute atomic E-state index is 0.0375. The molecule has 0 aromatic carbocycles. The summed E-state index contributed by atoms with van der Waals surface area (Å²) in [5.41, 5.74) is 10.8. The number of carbonyl (C=O) groups excluding carboxylic acids is 3. The highest BCUT2D eigenvalue weighted by molar-refractivity contribution is 5.85. The van der Waals surface area contributed by atoms with Crippen LogP contribution < -0.4 is 22.1 Å². The molecule has 0 aromatic rings. The number of carboxylic acid groups (broad SMARTS) is 1. The van der Waals surface area contributed by atoms with Gasteiger partial charge in [-0.15, -0.1) is 0 Å². The van der Waals surface area contributed by atoms with Crippen LogP contribution in [0.25, 0.3) is 0 Å². The van der Waals surface area contributed by atoms with E-state index in [1.165, 1.54) is 25.7 Å². The van der Waals surface area contributed by atoms with Gasteiger partial charge in [0.25, 0.3) is 0 Å². The first-order valence-corrected chi connectivity index (χ1v) is 13.7. The van der Waals surface area contributed by atoms with Gasteiger partial charge in [0.2, 0.25) is 11.8 Å². The molecule has 2 atom stereocenters. The van der Waals surface area contributed by atoms with Gasteiger partial charge in [0.05, 0.1) is 13.2 Å². The average molecular weight is 515 g/mol. The molecule has 0 fully saturated rings. The Bertz CT molecular complexity index is 617. The highest BCUT2D eigenvalue weighted by atomic mass is 16.4. The minimum atomic E-state index is -0.934. The Morgan fingerprint density at radius 1 is 0.750 bits per heavy atom. The number of hydrogen-bond donors (Lipinski definition) is 6. The first kappa shape index (κ1) is 34.0. The Hall–Kier alpha value is -2.04. The van der Waals surface area contributed by atoms with Crippen molar-refractivity contribution in [2.24, 2.45) is 17.4 Å². The predicted molar refractivity (Wildman–Crippen MR) is 140 cm³/mol. The van der Waals surface area contributed by atoms with E-state index in [4.69, 9.17) is 21.7 Å². The monoisotopic (exact) mass is 514 g/mol. The molecule has 36 heavy (non-hydrogen) atoms. The summed E-state index contributed by atoms with van der Waals surface area (Å²) >= 11 is 0. The fraction of sp³-hybridized carbons (Fsp3) is 0.846. The predicted octanol–water partition coefficient (Wildman–Crippen LogP) is 2.01. The van der Waals surface area contributed by atoms with Crippen LogP contribution in [0.2, 0.25) is 0 Å². The zero-order valence-corrected chi connectivity index (χ0v) is 22.0. The van der Waals surface area contributed by atoms with Gasteiger partial charge in [0.1, 0.15) is 11.8 Å². The third kappa shape index (κ3) is 20.2. The van der Waals surface area contributed by atoms with E-state index < -0.39 is 24.5 Å². The molecule has 10 heteroatoms. The number of primary amides is 1. The molecule has 2 amide bonds. The van der Waals surface area contributed by atoms with E-state index in [2.05, 4.69) is 10.6 Å². The van der Waals surface area contributed by atoms with Gasteiger partial charge in [-0.3, -0.25) is 24.5 Å². The fourth-order valence-corrected chi connectivity index (χ4v) is 4.10. The molecule has 10 nitrogen and oxygen atoms in total. The molecule has 0 unspecified atom stereocenters. The van der Waals surface area contributed by atoms with Crippen molar-refractivity contribution in [3.8, 4) is 0 Å². The molecule has 0 aromatic heterocycles. The third-order valence-electron chi connectivity index (χ3n) is 6.37. The number of nitrogens with two attached hydrogens (primary N) is 2. The van der Waals surface area contributed by atoms with Crippen LogP contribution in [0.3, 0.4) is 0 Å². The van der Waals surface area contributed by atoms with Crippen LogP contribution >= 0.6 is 0 Å². The highest BCUT2D eigenvalue weighted by Gasteiger charge is 2.20. The molecule has 0 saturated heterocycles. The van der Waals surface area contributed by atoms with E-state index >= 15 is 0 Å². The van der Waals surface area contributed by atoms with E-state index in [1.54, 1.807) is 0 Å². The number of carbonyl (C=O) groups is 4. The number of aliphatic hydroxyl groups is 1. The van der Waals surface area contributed by atoms with E-state index in [0.717, 1.165) is 51.4 Å². The molecule has 0 aliphatic heterocycles. The fourth-order valence-electron chi connectivity index (χ4n) is 4.10. The zero-order chi connectivity index (χ0) is 27.0. The minimum Gasteiger partial charge on any atom is -0.481 e. The first-order valence-electron chi connectivity index (χ1n) is 13.7. The second-order valence-corrected chi connectivity index (χ2v) is 9.53. The SMILES string of the molecule is NCC[C@H](CCCCNC(=O)CCCCCCCCCCCCC(=O)O)C(=O)CN[C@@H](CO)C(N)=O. The molecule has 210 valence electrons. The molecule has 0 spiro atoms. The summed E-state index contributed by atoms with van der Waals surface area (Å²) in [6, 6.07) is -0.934. The number of unbranched alkanes of at least 4 members (excludes halogenated alkanes) is 10. The van der Waals surface area contributed by atoms with Crippen molar-refractivity contribution in [2.75, 3.05) is 26.2 Å². The van der Waals surface area contributed by atoms with Crippen molar-refractivity contribution in [1.29, 1.82) is 0 Å². The Morgan fingerprint density at radius 2 is 1.31 bits per heavy atom. The molecule has 0 rings (SSSR count). The summed E-state index contributed by atoms with van der Waals surface area (Å²) in [6.07, 6.45) is 14.3. The molecule has 0 aliphatic carbocycles. The lowest BCUT2D eigenvalue weighted by atomic mass is 9.93. The smallest absolute Gasteiger partial charge is 0.303 e. The number of aliphatic hydroxyl groups excluding tert-OH is 1. The van der Waals surface area contributed by atoms with Gasteiger partial charge in [-0.25, -0.2) is 0 Å². The van der Waals surface area contributed by atoms with Crippen LogP contribution in [0, 0.1) is 5.92 Å². The Kier molecular flexibility index (Phi) is 22.0. The number of amides is 2. The molecular formula is C26H50N4O6. The van der Waals surface area contributed by atoms with E-state index in [1.807, 2.05) is 0 Å². The van der Waals surface area contributed by atoms with Gasteiger partial charge in [-0.1, -0.05) is 57.8 Å². The topological polar surface area (TPSA) is 185 Å². The second-order valence-electron chi connectivity index (χ2n) is 9.53. The summed E-state index contributed by atoms with van der Waals surface area (Å²) in [6.45, 7) is 0.481. The molecule has 0 saturated carbocycles. The summed E-state index contributed by atoms with van der Waals surface area (Å²) in [5, 5.41) is 23.3. The lowest BCUT2D eigenvalue weighted by Crippen LogP contribution is -2.46. The van der Waals surface area contributed by atoms with Crippen molar-refractivity contribution >= 4 is 23.6 Å². The number of nitrogens with one attached hydrogen (secondary N) is 2. The van der Waals surface area contributed by atoms with Crippen molar-refractivity contribution in [3.05, 3.63) is 0 Å². The van der Waals surface area contributed by atoms with Crippen molar-refractivity contribution in [1.82, 2.24) is 10.6 Å². The van der Waals surface area contributed by atoms with Gasteiger partial charge in [0.15, 0.2) is 0 Å². The van der Waals surface area contributed by atoms with Crippen molar-refractivity contribution in [2.45, 2.75) is 109 Å². The first-order chi connectivity index (χ1) is 17.3. The summed E-state index contributed by atoms with van der Waals surface area (Å²) in [5.74, 6) is -1.62. The van der Waals surface area contributed by atoms with Crippen molar-refractivity contribution in [3.63, 3.8) is 0 Å². The summed E-state index contributed by atoms with van der Waals surface area (Å²) < 4.78 is 0. The Balaban J connectivity index is 3.72. The number of ketones is 1. The van der Waals surface area contributed by atoms with E-state index in [-0.39, 0.29) is 30.6 Å². The standard InChI is InChI=1S/C26H50N4O6/c27-17-16-21(23(32)19-30-22(20-31)26(28)36)13-11-12-18-29-24(33)14-9-7-5-3-1-2-4-6-8-10-15-25(34)35/h21-22,30-31H,1-20,27H2,(H2,28,36)(H,29,33)(H,34,35)/t21-,22-/m0/s1. The number of Topliss-reactive ketones (excluding diaryl/α,β-unsaturated/α-hetero) is 1. The van der Waals surface area contributed by atoms with Crippen LogP contribution in [0.1, 0.15) is 103 Å². The second kappa shape index (κ2) is 23.4. The van der Waals surface area contributed by atoms with Crippen LogP contribution in [0.15, 0.2) is 0 Å². The molecule has 0 aliphatic rings. The molecule has 0 bridgehead atoms. The van der Waals surface area contributed by atoms with Crippen LogP contribution in [0.5, 0.6) is 0 Å². The van der Waals surface area contributed by atoms with Gasteiger partial charge in [0, 0.05) is 25.3 Å². The van der Waals surface area contributed by atoms with Crippen LogP contribution in [-0.2, 0) is 19.2 Å². The number of hydrogen-bond acceptors (Lipinski definition) is 7. The van der Waals surface area contributed by atoms with Gasteiger partial charge >= 0.3 is 5.97 Å². The maximum Gasteiger partial charge on any atom is 0.303 e. The highest BCUT2D eigenvalue weighted by Crippen LogP contribution is 2.14. The van der Waals surface area contributed by atoms with Gasteiger partial charge in [-0.05, 0) is 38.6 Å². The molecule has 8 N–H and O–H groups in total. The van der Waals surface area contributed by atoms with Crippen LogP contribution in [-0.4, -0.2) is 66.1 Å². The van der Waals surface area contributed by atoms with Gasteiger partial charge in [-0.2, -0.15) is 0 Å². The quantitative estimate of drug-likeness (QED) is 0.0946. The average Bonchev–Trinajstić information content (AvgIpc) is 2.83. The maximum atomic E-state index is 12.4. The number of rotatable bonds is 26. The maximum absolute atomic E-state index is 12.4. The molecule has 0 radical (unpaired) electrons. The van der Waals surface area contributed by atoms with E-state index in [9.17, 15) is 19.2 Å². The number of carboxylic acids is 1. The van der Waals surface area contributed by atoms with Gasteiger partial charge < -0.3 is 27.0 Å².